The molecular formula is C19H20F4N4O2. The molecule has 4 rings (SSSR count). The Morgan fingerprint density at radius 2 is 1.97 bits per heavy atom. The van der Waals surface area contributed by atoms with Crippen molar-refractivity contribution in [1.29, 1.82) is 0 Å². The Balaban J connectivity index is 1.74. The van der Waals surface area contributed by atoms with Crippen LogP contribution in [0.2, 0.25) is 0 Å². The molecule has 1 aromatic carbocycles. The Kier molecular flexibility index (Phi) is 4.47. The molecule has 2 heterocycles. The zero-order valence-corrected chi connectivity index (χ0v) is 15.6. The number of pyridine rings is 1. The lowest BCUT2D eigenvalue weighted by atomic mass is 10.0. The van der Waals surface area contributed by atoms with Crippen LogP contribution in [0.1, 0.15) is 30.9 Å². The fraction of sp³-hybridized carbons (Fsp3) is 0.474. The number of aryl methyl sites for hydroxylation is 1. The first-order valence-corrected chi connectivity index (χ1v) is 9.34. The lowest BCUT2D eigenvalue weighted by Crippen LogP contribution is -2.44. The molecule has 1 saturated carbocycles. The summed E-state index contributed by atoms with van der Waals surface area (Å²) in [5.41, 5.74) is 6.58. The number of nitrogens with zero attached hydrogens (tertiary/aromatic N) is 2. The van der Waals surface area contributed by atoms with Crippen molar-refractivity contribution in [1.82, 2.24) is 9.88 Å². The molecule has 0 unspecified atom stereocenters. The summed E-state index contributed by atoms with van der Waals surface area (Å²) in [5, 5.41) is 2.07. The van der Waals surface area contributed by atoms with Gasteiger partial charge in [-0.15, -0.1) is 0 Å². The van der Waals surface area contributed by atoms with Crippen molar-refractivity contribution in [2.45, 2.75) is 44.4 Å². The highest BCUT2D eigenvalue weighted by Gasteiger charge is 2.41. The van der Waals surface area contributed by atoms with Crippen LogP contribution < -0.4 is 21.4 Å². The van der Waals surface area contributed by atoms with Crippen molar-refractivity contribution in [2.75, 3.05) is 23.7 Å². The summed E-state index contributed by atoms with van der Waals surface area (Å²) in [4.78, 5) is 25.2. The van der Waals surface area contributed by atoms with Gasteiger partial charge in [0.2, 0.25) is 0 Å². The Bertz CT molecular complexity index is 1060. The highest BCUT2D eigenvalue weighted by molar-refractivity contribution is 5.97. The van der Waals surface area contributed by atoms with Gasteiger partial charge in [0, 0.05) is 37.4 Å². The number of halogens is 4. The third-order valence-electron chi connectivity index (χ3n) is 5.59. The molecule has 0 spiro atoms. The molecule has 1 aliphatic carbocycles. The highest BCUT2D eigenvalue weighted by Crippen LogP contribution is 2.42. The first kappa shape index (κ1) is 19.5. The Hall–Kier alpha value is -2.78. The number of aromatic nitrogens is 1. The summed E-state index contributed by atoms with van der Waals surface area (Å²) < 4.78 is 54.6. The van der Waals surface area contributed by atoms with Gasteiger partial charge in [0.05, 0.1) is 22.3 Å². The monoisotopic (exact) mass is 412 g/mol. The molecule has 0 bridgehead atoms. The lowest BCUT2D eigenvalue weighted by Gasteiger charge is -2.25. The third kappa shape index (κ3) is 3.30. The summed E-state index contributed by atoms with van der Waals surface area (Å²) in [5.74, 6) is -2.77. The van der Waals surface area contributed by atoms with E-state index in [2.05, 4.69) is 0 Å². The van der Waals surface area contributed by atoms with E-state index in [1.165, 1.54) is 6.07 Å². The van der Waals surface area contributed by atoms with Crippen molar-refractivity contribution in [3.63, 3.8) is 0 Å². The number of fused-ring (bicyclic) bond motifs is 1. The van der Waals surface area contributed by atoms with Crippen LogP contribution >= 0.6 is 0 Å². The van der Waals surface area contributed by atoms with Crippen LogP contribution in [0.3, 0.4) is 0 Å². The predicted molar refractivity (Wildman–Crippen MR) is 100 cm³/mol. The minimum Gasteiger partial charge on any atom is -0.396 e. The smallest absolute Gasteiger partial charge is 0.396 e. The largest absolute Gasteiger partial charge is 0.471 e. The van der Waals surface area contributed by atoms with Gasteiger partial charge in [-0.2, -0.15) is 13.2 Å². The van der Waals surface area contributed by atoms with E-state index in [9.17, 15) is 22.8 Å². The topological polar surface area (TPSA) is 80.4 Å². The van der Waals surface area contributed by atoms with Crippen molar-refractivity contribution >= 4 is 28.2 Å². The van der Waals surface area contributed by atoms with Crippen molar-refractivity contribution in [2.24, 2.45) is 0 Å². The first-order valence-electron chi connectivity index (χ1n) is 9.34. The van der Waals surface area contributed by atoms with E-state index in [0.29, 0.717) is 11.1 Å². The number of benzene rings is 1. The van der Waals surface area contributed by atoms with Crippen molar-refractivity contribution < 1.29 is 22.4 Å². The summed E-state index contributed by atoms with van der Waals surface area (Å²) in [6.45, 7) is 1.96. The van der Waals surface area contributed by atoms with E-state index in [-0.39, 0.29) is 47.7 Å². The van der Waals surface area contributed by atoms with Crippen LogP contribution in [0.5, 0.6) is 0 Å². The minimum atomic E-state index is -4.97. The number of hydrogen-bond acceptors (Lipinski definition) is 4. The van der Waals surface area contributed by atoms with Crippen LogP contribution in [0.4, 0.5) is 28.9 Å². The number of alkyl halides is 3. The summed E-state index contributed by atoms with van der Waals surface area (Å²) in [6, 6.07) is 0.821. The van der Waals surface area contributed by atoms with Crippen LogP contribution in [-0.4, -0.2) is 35.8 Å². The quantitative estimate of drug-likeness (QED) is 0.600. The maximum Gasteiger partial charge on any atom is 0.471 e. The molecule has 1 amide bonds. The summed E-state index contributed by atoms with van der Waals surface area (Å²) in [6.07, 6.45) is -1.17. The molecule has 29 heavy (non-hydrogen) atoms. The molecule has 1 saturated heterocycles. The van der Waals surface area contributed by atoms with Gasteiger partial charge >= 0.3 is 12.1 Å². The molecule has 2 fully saturated rings. The highest BCUT2D eigenvalue weighted by atomic mass is 19.4. The molecule has 1 atom stereocenters. The second-order valence-electron chi connectivity index (χ2n) is 7.65. The Morgan fingerprint density at radius 3 is 2.59 bits per heavy atom. The summed E-state index contributed by atoms with van der Waals surface area (Å²) in [7, 11) is 0. The average Bonchev–Trinajstić information content (AvgIpc) is 3.39. The van der Waals surface area contributed by atoms with Crippen LogP contribution in [0.15, 0.2) is 17.1 Å². The minimum absolute atomic E-state index is 0.0189. The molecular weight excluding hydrogens is 392 g/mol. The van der Waals surface area contributed by atoms with E-state index in [1.54, 1.807) is 18.0 Å². The molecule has 156 valence electrons. The molecule has 2 aromatic rings. The summed E-state index contributed by atoms with van der Waals surface area (Å²) >= 11 is 0. The average molecular weight is 412 g/mol. The molecule has 3 N–H and O–H groups in total. The zero-order chi connectivity index (χ0) is 21.1. The predicted octanol–water partition coefficient (Wildman–Crippen LogP) is 2.62. The second kappa shape index (κ2) is 6.64. The van der Waals surface area contributed by atoms with Gasteiger partial charge in [-0.1, -0.05) is 0 Å². The van der Waals surface area contributed by atoms with Gasteiger partial charge in [-0.25, -0.2) is 4.39 Å². The van der Waals surface area contributed by atoms with E-state index in [0.717, 1.165) is 12.8 Å². The van der Waals surface area contributed by atoms with Gasteiger partial charge in [0.1, 0.15) is 0 Å². The number of carbonyl (C=O) groups is 1. The van der Waals surface area contributed by atoms with Gasteiger partial charge in [-0.05, 0) is 31.7 Å². The number of amides is 1. The molecule has 0 radical (unpaired) electrons. The second-order valence-corrected chi connectivity index (χ2v) is 7.65. The standard InChI is InChI=1S/C19H20F4N4O2/c1-9-16-13(12(28)5-7-27(16)11-2-3-11)15(24)14(20)17(9)26-6-4-10(8-26)25-18(29)19(21,22)23/h5,7,10-11H,2-4,6,8,24H2,1H3,(H,25,29)/t10-/m0/s1. The molecule has 2 aliphatic rings. The Morgan fingerprint density at radius 1 is 1.28 bits per heavy atom. The van der Waals surface area contributed by atoms with Gasteiger partial charge in [-0.3, -0.25) is 9.59 Å². The number of nitrogens with two attached hydrogens (primary N) is 1. The molecule has 1 aliphatic heterocycles. The molecule has 10 heteroatoms. The van der Waals surface area contributed by atoms with Crippen molar-refractivity contribution in [3.05, 3.63) is 33.9 Å². The number of anilines is 2. The number of rotatable bonds is 3. The number of nitrogens with one attached hydrogen (secondary N) is 1. The number of hydrogen-bond donors (Lipinski definition) is 2. The normalized spacial score (nSPS) is 19.8. The van der Waals surface area contributed by atoms with Crippen LogP contribution in [0.25, 0.3) is 10.9 Å². The molecule has 6 nitrogen and oxygen atoms in total. The number of carbonyl (C=O) groups excluding carboxylic acids is 1. The van der Waals surface area contributed by atoms with Gasteiger partial charge in [0.15, 0.2) is 11.2 Å². The first-order chi connectivity index (χ1) is 13.6. The van der Waals surface area contributed by atoms with Crippen molar-refractivity contribution in [3.8, 4) is 0 Å². The van der Waals surface area contributed by atoms with E-state index in [4.69, 9.17) is 5.73 Å². The zero-order valence-electron chi connectivity index (χ0n) is 15.6. The maximum atomic E-state index is 15.2. The van der Waals surface area contributed by atoms with Crippen LogP contribution in [-0.2, 0) is 4.79 Å². The van der Waals surface area contributed by atoms with Gasteiger partial charge in [0.25, 0.3) is 0 Å². The SMILES string of the molecule is Cc1c(N2CC[C@H](NC(=O)C(F)(F)F)C2)c(F)c(N)c2c(=O)ccn(C3CC3)c12. The van der Waals surface area contributed by atoms with Gasteiger partial charge < -0.3 is 20.5 Å². The fourth-order valence-corrected chi connectivity index (χ4v) is 4.09. The molecule has 1 aromatic heterocycles. The lowest BCUT2D eigenvalue weighted by molar-refractivity contribution is -0.174. The Labute approximate surface area is 163 Å². The number of nitrogen functional groups attached to an aromatic ring is 1. The fourth-order valence-electron chi connectivity index (χ4n) is 4.09. The van der Waals surface area contributed by atoms with E-state index in [1.807, 2.05) is 9.88 Å². The van der Waals surface area contributed by atoms with E-state index < -0.39 is 23.9 Å². The van der Waals surface area contributed by atoms with Crippen LogP contribution in [0, 0.1) is 12.7 Å². The maximum absolute atomic E-state index is 15.2. The van der Waals surface area contributed by atoms with E-state index >= 15 is 4.39 Å². The third-order valence-corrected chi connectivity index (χ3v) is 5.59.